The van der Waals surface area contributed by atoms with Gasteiger partial charge in [0.05, 0.1) is 12.2 Å². The molecule has 47 heavy (non-hydrogen) atoms. The Kier molecular flexibility index (Phi) is 15.4. The summed E-state index contributed by atoms with van der Waals surface area (Å²) in [4.78, 5) is 11.1. The Bertz CT molecular complexity index is 1210. The lowest BCUT2D eigenvalue weighted by Gasteiger charge is -2.46. The average Bonchev–Trinajstić information content (AvgIpc) is 3.33. The SMILES string of the molecule is CC(/C=C/C=C(\C)C1=C(/C=C/C(=O)O)CCC1)=C\[C@H](O[Si](C)(C)C(C)(C)C)[C@H](C[C@H](C)O[Si](C)(C)C(C)(C)C)O[Si](C)(C)C(C)(C)C. The summed E-state index contributed by atoms with van der Waals surface area (Å²) < 4.78 is 21.5. The lowest BCUT2D eigenvalue weighted by molar-refractivity contribution is -0.131. The highest BCUT2D eigenvalue weighted by Crippen LogP contribution is 2.43. The van der Waals surface area contributed by atoms with Crippen LogP contribution in [0.3, 0.4) is 0 Å². The van der Waals surface area contributed by atoms with Gasteiger partial charge >= 0.3 is 5.97 Å². The molecule has 0 bridgehead atoms. The maximum Gasteiger partial charge on any atom is 0.328 e. The normalized spacial score (nSPS) is 18.9. The first-order valence-electron chi connectivity index (χ1n) is 17.7. The Labute approximate surface area is 293 Å². The summed E-state index contributed by atoms with van der Waals surface area (Å²) >= 11 is 0. The molecule has 0 aromatic rings. The molecule has 0 aliphatic heterocycles. The minimum atomic E-state index is -2.17. The second-order valence-electron chi connectivity index (χ2n) is 18.3. The molecule has 0 saturated heterocycles. The second-order valence-corrected chi connectivity index (χ2v) is 32.6. The molecule has 8 heteroatoms. The summed E-state index contributed by atoms with van der Waals surface area (Å²) in [5.74, 6) is -0.905. The van der Waals surface area contributed by atoms with Gasteiger partial charge in [0.1, 0.15) is 0 Å². The molecule has 270 valence electrons. The van der Waals surface area contributed by atoms with E-state index in [1.54, 1.807) is 6.08 Å². The Morgan fingerprint density at radius 1 is 0.787 bits per heavy atom. The van der Waals surface area contributed by atoms with Crippen LogP contribution in [0.15, 0.2) is 58.7 Å². The predicted molar refractivity (Wildman–Crippen MR) is 211 cm³/mol. The maximum atomic E-state index is 11.1. The fraction of sp³-hybridized carbons (Fsp3) is 0.718. The first kappa shape index (κ1) is 43.7. The number of hydrogen-bond acceptors (Lipinski definition) is 4. The van der Waals surface area contributed by atoms with Crippen LogP contribution in [0.4, 0.5) is 0 Å². The zero-order chi connectivity index (χ0) is 36.8. The van der Waals surface area contributed by atoms with E-state index in [0.717, 1.165) is 36.8 Å². The highest BCUT2D eigenvalue weighted by atomic mass is 28.4. The Hall–Kier alpha value is -1.30. The van der Waals surface area contributed by atoms with Crippen LogP contribution in [-0.2, 0) is 18.1 Å². The van der Waals surface area contributed by atoms with Gasteiger partial charge in [0.2, 0.25) is 0 Å². The molecule has 5 nitrogen and oxygen atoms in total. The quantitative estimate of drug-likeness (QED) is 0.104. The van der Waals surface area contributed by atoms with Crippen LogP contribution < -0.4 is 0 Å². The zero-order valence-corrected chi connectivity index (χ0v) is 36.6. The van der Waals surface area contributed by atoms with E-state index >= 15 is 0 Å². The van der Waals surface area contributed by atoms with Gasteiger partial charge in [-0.05, 0) is 118 Å². The molecule has 0 heterocycles. The molecular weight excluding hydrogens is 633 g/mol. The van der Waals surface area contributed by atoms with Crippen molar-refractivity contribution < 1.29 is 23.2 Å². The van der Waals surface area contributed by atoms with Crippen molar-refractivity contribution in [3.8, 4) is 0 Å². The number of rotatable bonds is 15. The fourth-order valence-electron chi connectivity index (χ4n) is 4.93. The maximum absolute atomic E-state index is 11.1. The number of allylic oxidation sites excluding steroid dienone is 8. The number of carboxylic acids is 1. The Morgan fingerprint density at radius 3 is 1.77 bits per heavy atom. The third-order valence-corrected chi connectivity index (χ3v) is 24.6. The summed E-state index contributed by atoms with van der Waals surface area (Å²) in [6.45, 7) is 41.2. The van der Waals surface area contributed by atoms with Crippen LogP contribution in [-0.4, -0.2) is 54.3 Å². The largest absolute Gasteiger partial charge is 0.478 e. The monoisotopic (exact) mass is 704 g/mol. The highest BCUT2D eigenvalue weighted by Gasteiger charge is 2.45. The summed E-state index contributed by atoms with van der Waals surface area (Å²) in [5.41, 5.74) is 4.70. The molecule has 1 aliphatic rings. The van der Waals surface area contributed by atoms with Crippen molar-refractivity contribution in [2.75, 3.05) is 0 Å². The molecule has 0 spiro atoms. The van der Waals surface area contributed by atoms with E-state index in [9.17, 15) is 4.79 Å². The van der Waals surface area contributed by atoms with Gasteiger partial charge in [-0.3, -0.25) is 0 Å². The summed E-state index contributed by atoms with van der Waals surface area (Å²) in [7, 11) is -6.30. The average molecular weight is 705 g/mol. The molecule has 0 fully saturated rings. The fourth-order valence-corrected chi connectivity index (χ4v) is 8.98. The lowest BCUT2D eigenvalue weighted by Crippen LogP contribution is -2.52. The van der Waals surface area contributed by atoms with Gasteiger partial charge in [0.25, 0.3) is 0 Å². The summed E-state index contributed by atoms with van der Waals surface area (Å²) in [5, 5.41) is 9.34. The van der Waals surface area contributed by atoms with Crippen LogP contribution >= 0.6 is 0 Å². The van der Waals surface area contributed by atoms with E-state index in [-0.39, 0.29) is 33.4 Å². The van der Waals surface area contributed by atoms with Gasteiger partial charge in [-0.15, -0.1) is 0 Å². The van der Waals surface area contributed by atoms with E-state index in [2.05, 4.69) is 147 Å². The van der Waals surface area contributed by atoms with Crippen molar-refractivity contribution >= 4 is 30.9 Å². The molecule has 0 saturated carbocycles. The molecule has 0 radical (unpaired) electrons. The molecular formula is C39H72O5Si3. The zero-order valence-electron chi connectivity index (χ0n) is 33.6. The van der Waals surface area contributed by atoms with Crippen molar-refractivity contribution in [1.82, 2.24) is 0 Å². The Morgan fingerprint density at radius 2 is 1.28 bits per heavy atom. The standard InChI is InChI=1S/C39H72O5Si3/c1-29(21-19-22-30(2)33-24-20-23-32(33)25-26-36(40)41)27-34(43-46(15,16)38(7,8)9)35(44-47(17,18)39(10,11)12)28-31(3)42-45(13,14)37(4,5)6/h19,21-22,25-27,31,34-35H,20,23-24,28H2,1-18H3,(H,40,41)/b21-19+,26-25+,29-27+,30-22+/t31-,34-,35-/m0/s1. The number of aliphatic carboxylic acids is 1. The van der Waals surface area contributed by atoms with Crippen molar-refractivity contribution in [1.29, 1.82) is 0 Å². The molecule has 0 unspecified atom stereocenters. The van der Waals surface area contributed by atoms with Crippen LogP contribution in [0.5, 0.6) is 0 Å². The van der Waals surface area contributed by atoms with Gasteiger partial charge < -0.3 is 18.4 Å². The van der Waals surface area contributed by atoms with Crippen LogP contribution in [0, 0.1) is 0 Å². The lowest BCUT2D eigenvalue weighted by atomic mass is 10.0. The van der Waals surface area contributed by atoms with Crippen LogP contribution in [0.2, 0.25) is 54.4 Å². The van der Waals surface area contributed by atoms with E-state index in [4.69, 9.17) is 18.4 Å². The molecule has 0 aromatic heterocycles. The van der Waals surface area contributed by atoms with Crippen molar-refractivity contribution in [2.45, 2.75) is 181 Å². The van der Waals surface area contributed by atoms with E-state index < -0.39 is 30.9 Å². The second kappa shape index (κ2) is 16.6. The van der Waals surface area contributed by atoms with Crippen molar-refractivity contribution in [3.63, 3.8) is 0 Å². The van der Waals surface area contributed by atoms with Gasteiger partial charge in [-0.25, -0.2) is 4.79 Å². The van der Waals surface area contributed by atoms with Crippen molar-refractivity contribution in [2.24, 2.45) is 0 Å². The molecule has 1 rings (SSSR count). The Balaban J connectivity index is 3.62. The third-order valence-electron chi connectivity index (χ3n) is 11.0. The van der Waals surface area contributed by atoms with E-state index in [1.165, 1.54) is 17.2 Å². The third kappa shape index (κ3) is 13.5. The topological polar surface area (TPSA) is 65.0 Å². The summed E-state index contributed by atoms with van der Waals surface area (Å²) in [6, 6.07) is 0. The van der Waals surface area contributed by atoms with Crippen LogP contribution in [0.1, 0.15) is 109 Å². The molecule has 0 amide bonds. The van der Waals surface area contributed by atoms with E-state index in [1.807, 2.05) is 0 Å². The first-order chi connectivity index (χ1) is 21.0. The molecule has 1 N–H and O–H groups in total. The molecule has 0 aromatic carbocycles. The van der Waals surface area contributed by atoms with Gasteiger partial charge in [0, 0.05) is 12.2 Å². The number of carbonyl (C=O) groups is 1. The minimum absolute atomic E-state index is 0.0371. The van der Waals surface area contributed by atoms with Gasteiger partial charge in [-0.1, -0.05) is 98.3 Å². The smallest absolute Gasteiger partial charge is 0.328 e. The van der Waals surface area contributed by atoms with Crippen LogP contribution in [0.25, 0.3) is 0 Å². The highest BCUT2D eigenvalue weighted by molar-refractivity contribution is 6.75. The predicted octanol–water partition coefficient (Wildman–Crippen LogP) is 12.1. The molecule has 3 atom stereocenters. The van der Waals surface area contributed by atoms with E-state index in [0.29, 0.717) is 0 Å². The number of hydrogen-bond donors (Lipinski definition) is 1. The van der Waals surface area contributed by atoms with Crippen molar-refractivity contribution in [3.05, 3.63) is 58.7 Å². The summed E-state index contributed by atoms with van der Waals surface area (Å²) in [6.07, 6.45) is 15.1. The van der Waals surface area contributed by atoms with Gasteiger partial charge in [0.15, 0.2) is 25.0 Å². The van der Waals surface area contributed by atoms with Gasteiger partial charge in [-0.2, -0.15) is 0 Å². The minimum Gasteiger partial charge on any atom is -0.478 e. The molecule has 1 aliphatic carbocycles. The number of carboxylic acid groups (broad SMARTS) is 1. The first-order valence-corrected chi connectivity index (χ1v) is 26.4.